The van der Waals surface area contributed by atoms with Crippen molar-refractivity contribution >= 4 is 11.7 Å². The van der Waals surface area contributed by atoms with Gasteiger partial charge in [0.05, 0.1) is 5.71 Å². The van der Waals surface area contributed by atoms with E-state index in [1.54, 1.807) is 25.1 Å². The molecule has 2 amide bonds. The van der Waals surface area contributed by atoms with Gasteiger partial charge < -0.3 is 15.6 Å². The first-order valence-corrected chi connectivity index (χ1v) is 4.59. The van der Waals surface area contributed by atoms with E-state index in [0.29, 0.717) is 11.5 Å². The molecule has 1 aromatic carbocycles. The molecule has 1 aromatic rings. The number of carbonyl (C=O) groups excluding carboxylic acids is 1. The maximum Gasteiger partial charge on any atom is 0.332 e. The van der Waals surface area contributed by atoms with Crippen LogP contribution in [0.25, 0.3) is 0 Å². The summed E-state index contributed by atoms with van der Waals surface area (Å²) in [6.07, 6.45) is 0. The topological polar surface area (TPSA) is 96.9 Å². The first-order valence-electron chi connectivity index (χ1n) is 4.59. The zero-order valence-corrected chi connectivity index (χ0v) is 8.80. The number of phenolic OH excluding ortho intramolecular Hbond substituents is 1. The second-order valence-corrected chi connectivity index (χ2v) is 3.08. The number of amides is 2. The van der Waals surface area contributed by atoms with E-state index in [9.17, 15) is 9.90 Å². The van der Waals surface area contributed by atoms with E-state index in [-0.39, 0.29) is 12.4 Å². The molecule has 0 aromatic heterocycles. The summed E-state index contributed by atoms with van der Waals surface area (Å²) in [5.41, 5.74) is 7.44. The van der Waals surface area contributed by atoms with Crippen LogP contribution in [-0.2, 0) is 0 Å². The number of urea groups is 1. The SMILES string of the molecule is CC(COc1ccccc1O)=NNC(N)=O. The van der Waals surface area contributed by atoms with Crippen LogP contribution >= 0.6 is 0 Å². The van der Waals surface area contributed by atoms with Gasteiger partial charge in [-0.05, 0) is 19.1 Å². The van der Waals surface area contributed by atoms with Crippen LogP contribution in [0.15, 0.2) is 29.4 Å². The van der Waals surface area contributed by atoms with E-state index in [0.717, 1.165) is 0 Å². The number of phenols is 1. The molecule has 6 nitrogen and oxygen atoms in total. The van der Waals surface area contributed by atoms with Gasteiger partial charge in [-0.3, -0.25) is 0 Å². The molecule has 0 aliphatic heterocycles. The molecule has 0 aliphatic carbocycles. The maximum atomic E-state index is 10.4. The van der Waals surface area contributed by atoms with Crippen molar-refractivity contribution in [2.24, 2.45) is 10.8 Å². The number of nitrogens with two attached hydrogens (primary N) is 1. The Hall–Kier alpha value is -2.24. The maximum absolute atomic E-state index is 10.4. The van der Waals surface area contributed by atoms with Crippen LogP contribution in [-0.4, -0.2) is 23.5 Å². The molecule has 0 bridgehead atoms. The minimum atomic E-state index is -0.734. The molecule has 0 saturated carbocycles. The largest absolute Gasteiger partial charge is 0.504 e. The highest BCUT2D eigenvalue weighted by Crippen LogP contribution is 2.23. The molecular formula is C10H13N3O3. The van der Waals surface area contributed by atoms with Crippen LogP contribution < -0.4 is 15.9 Å². The Kier molecular flexibility index (Phi) is 4.14. The van der Waals surface area contributed by atoms with Crippen LogP contribution in [0.3, 0.4) is 0 Å². The Morgan fingerprint density at radius 1 is 1.56 bits per heavy atom. The van der Waals surface area contributed by atoms with E-state index in [1.807, 2.05) is 0 Å². The summed E-state index contributed by atoms with van der Waals surface area (Å²) in [4.78, 5) is 10.4. The lowest BCUT2D eigenvalue weighted by atomic mass is 10.3. The fraction of sp³-hybridized carbons (Fsp3) is 0.200. The molecule has 0 unspecified atom stereocenters. The number of para-hydroxylation sites is 2. The Labute approximate surface area is 92.7 Å². The second kappa shape index (κ2) is 5.59. The molecule has 1 rings (SSSR count). The van der Waals surface area contributed by atoms with Crippen molar-refractivity contribution in [3.8, 4) is 11.5 Å². The van der Waals surface area contributed by atoms with Crippen molar-refractivity contribution in [1.29, 1.82) is 0 Å². The van der Waals surface area contributed by atoms with E-state index < -0.39 is 6.03 Å². The monoisotopic (exact) mass is 223 g/mol. The number of aromatic hydroxyl groups is 1. The number of nitrogens with zero attached hydrogens (tertiary/aromatic N) is 1. The van der Waals surface area contributed by atoms with Crippen molar-refractivity contribution in [2.75, 3.05) is 6.61 Å². The molecule has 0 saturated heterocycles. The van der Waals surface area contributed by atoms with Crippen LogP contribution in [0.2, 0.25) is 0 Å². The quantitative estimate of drug-likeness (QED) is 0.520. The molecule has 0 aliphatic rings. The predicted octanol–water partition coefficient (Wildman–Crippen LogP) is 0.815. The lowest BCUT2D eigenvalue weighted by Gasteiger charge is -2.06. The lowest BCUT2D eigenvalue weighted by Crippen LogP contribution is -2.26. The number of ether oxygens (including phenoxy) is 1. The Morgan fingerprint density at radius 3 is 2.88 bits per heavy atom. The minimum absolute atomic E-state index is 0.0539. The predicted molar refractivity (Wildman–Crippen MR) is 59.4 cm³/mol. The molecule has 16 heavy (non-hydrogen) atoms. The van der Waals surface area contributed by atoms with E-state index in [1.165, 1.54) is 6.07 Å². The van der Waals surface area contributed by atoms with Crippen molar-refractivity contribution in [1.82, 2.24) is 5.43 Å². The summed E-state index contributed by atoms with van der Waals surface area (Å²) in [6.45, 7) is 1.81. The van der Waals surface area contributed by atoms with Gasteiger partial charge in [0.2, 0.25) is 0 Å². The van der Waals surface area contributed by atoms with Crippen molar-refractivity contribution in [2.45, 2.75) is 6.92 Å². The van der Waals surface area contributed by atoms with Gasteiger partial charge in [-0.25, -0.2) is 10.2 Å². The summed E-state index contributed by atoms with van der Waals surface area (Å²) in [5, 5.41) is 13.0. The van der Waals surface area contributed by atoms with E-state index in [2.05, 4.69) is 10.5 Å². The first-order chi connectivity index (χ1) is 7.59. The van der Waals surface area contributed by atoms with Gasteiger partial charge in [-0.2, -0.15) is 5.10 Å². The molecule has 4 N–H and O–H groups in total. The molecule has 0 spiro atoms. The highest BCUT2D eigenvalue weighted by atomic mass is 16.5. The molecule has 0 radical (unpaired) electrons. The van der Waals surface area contributed by atoms with Gasteiger partial charge in [-0.15, -0.1) is 0 Å². The zero-order chi connectivity index (χ0) is 12.0. The fourth-order valence-electron chi connectivity index (χ4n) is 0.944. The second-order valence-electron chi connectivity index (χ2n) is 3.08. The van der Waals surface area contributed by atoms with Gasteiger partial charge >= 0.3 is 6.03 Å². The normalized spacial score (nSPS) is 10.9. The van der Waals surface area contributed by atoms with Crippen molar-refractivity contribution in [3.05, 3.63) is 24.3 Å². The Bertz CT molecular complexity index is 404. The highest BCUT2D eigenvalue weighted by molar-refractivity contribution is 5.84. The number of hydrogen-bond acceptors (Lipinski definition) is 4. The van der Waals surface area contributed by atoms with Gasteiger partial charge in [0, 0.05) is 0 Å². The van der Waals surface area contributed by atoms with Crippen LogP contribution in [0.4, 0.5) is 4.79 Å². The van der Waals surface area contributed by atoms with E-state index >= 15 is 0 Å². The molecular weight excluding hydrogens is 210 g/mol. The summed E-state index contributed by atoms with van der Waals surface area (Å²) < 4.78 is 5.26. The van der Waals surface area contributed by atoms with Crippen molar-refractivity contribution < 1.29 is 14.6 Å². The number of carbonyl (C=O) groups is 1. The van der Waals surface area contributed by atoms with E-state index in [4.69, 9.17) is 10.5 Å². The summed E-state index contributed by atoms with van der Waals surface area (Å²) in [7, 11) is 0. The van der Waals surface area contributed by atoms with Gasteiger partial charge in [0.25, 0.3) is 0 Å². The molecule has 0 atom stereocenters. The smallest absolute Gasteiger partial charge is 0.332 e. The molecule has 6 heteroatoms. The third-order valence-corrected chi connectivity index (χ3v) is 1.66. The number of hydrazone groups is 1. The Balaban J connectivity index is 2.49. The fourth-order valence-corrected chi connectivity index (χ4v) is 0.944. The molecule has 0 fully saturated rings. The zero-order valence-electron chi connectivity index (χ0n) is 8.80. The molecule has 86 valence electrons. The summed E-state index contributed by atoms with van der Waals surface area (Å²) in [5.74, 6) is 0.411. The average molecular weight is 223 g/mol. The number of hydrogen-bond donors (Lipinski definition) is 3. The van der Waals surface area contributed by atoms with Crippen LogP contribution in [0.5, 0.6) is 11.5 Å². The standard InChI is InChI=1S/C10H13N3O3/c1-7(12-13-10(11)15)6-16-9-5-3-2-4-8(9)14/h2-5,14H,6H2,1H3,(H3,11,13,15). The number of benzene rings is 1. The molecule has 0 heterocycles. The summed E-state index contributed by atoms with van der Waals surface area (Å²) in [6, 6.07) is 5.84. The van der Waals surface area contributed by atoms with Gasteiger partial charge in [0.1, 0.15) is 6.61 Å². The van der Waals surface area contributed by atoms with Crippen LogP contribution in [0.1, 0.15) is 6.92 Å². The third-order valence-electron chi connectivity index (χ3n) is 1.66. The number of rotatable bonds is 4. The Morgan fingerprint density at radius 2 is 2.25 bits per heavy atom. The number of primary amides is 1. The van der Waals surface area contributed by atoms with Crippen LogP contribution in [0, 0.1) is 0 Å². The number of nitrogens with one attached hydrogen (secondary N) is 1. The summed E-state index contributed by atoms with van der Waals surface area (Å²) >= 11 is 0. The van der Waals surface area contributed by atoms with Gasteiger partial charge in [-0.1, -0.05) is 12.1 Å². The van der Waals surface area contributed by atoms with Crippen molar-refractivity contribution in [3.63, 3.8) is 0 Å². The first kappa shape index (κ1) is 11.8. The lowest BCUT2D eigenvalue weighted by molar-refractivity contribution is 0.249. The third kappa shape index (κ3) is 3.87. The minimum Gasteiger partial charge on any atom is -0.504 e. The highest BCUT2D eigenvalue weighted by Gasteiger charge is 2.01. The van der Waals surface area contributed by atoms with Gasteiger partial charge in [0.15, 0.2) is 11.5 Å². The average Bonchev–Trinajstić information content (AvgIpc) is 2.25.